The van der Waals surface area contributed by atoms with Crippen molar-refractivity contribution in [2.75, 3.05) is 5.88 Å². The van der Waals surface area contributed by atoms with Crippen molar-refractivity contribution in [1.29, 1.82) is 5.26 Å². The molecule has 72 valence electrons. The van der Waals surface area contributed by atoms with Gasteiger partial charge in [0.15, 0.2) is 17.3 Å². The van der Waals surface area contributed by atoms with Crippen molar-refractivity contribution in [3.63, 3.8) is 0 Å². The van der Waals surface area contributed by atoms with E-state index >= 15 is 0 Å². The molecule has 5 heteroatoms. The fourth-order valence-corrected chi connectivity index (χ4v) is 1.08. The predicted octanol–water partition coefficient (Wildman–Crippen LogP) is 1.82. The zero-order chi connectivity index (χ0) is 10.7. The van der Waals surface area contributed by atoms with Gasteiger partial charge in [-0.15, -0.1) is 11.6 Å². The summed E-state index contributed by atoms with van der Waals surface area (Å²) >= 11 is 5.27. The van der Waals surface area contributed by atoms with Gasteiger partial charge in [-0.25, -0.2) is 4.39 Å². The molecule has 0 saturated carbocycles. The molecule has 14 heavy (non-hydrogen) atoms. The predicted molar refractivity (Wildman–Crippen MR) is 47.8 cm³/mol. The molecule has 0 unspecified atom stereocenters. The Morgan fingerprint density at radius 3 is 2.79 bits per heavy atom. The van der Waals surface area contributed by atoms with Crippen LogP contribution in [-0.4, -0.2) is 16.8 Å². The maximum Gasteiger partial charge on any atom is 0.182 e. The van der Waals surface area contributed by atoms with E-state index in [2.05, 4.69) is 0 Å². The van der Waals surface area contributed by atoms with Crippen LogP contribution in [0.1, 0.15) is 15.9 Å². The number of phenolic OH excluding ortho intramolecular Hbond substituents is 1. The van der Waals surface area contributed by atoms with Crippen molar-refractivity contribution >= 4 is 17.4 Å². The minimum absolute atomic E-state index is 0.0236. The lowest BCUT2D eigenvalue weighted by Crippen LogP contribution is -2.01. The van der Waals surface area contributed by atoms with E-state index in [0.29, 0.717) is 0 Å². The molecular formula is C9H5ClFNO2. The average Bonchev–Trinajstić information content (AvgIpc) is 2.20. The number of benzene rings is 1. The highest BCUT2D eigenvalue weighted by Crippen LogP contribution is 2.21. The van der Waals surface area contributed by atoms with Gasteiger partial charge in [0.2, 0.25) is 0 Å². The zero-order valence-electron chi connectivity index (χ0n) is 6.92. The van der Waals surface area contributed by atoms with Gasteiger partial charge >= 0.3 is 0 Å². The molecule has 0 aliphatic heterocycles. The van der Waals surface area contributed by atoms with E-state index in [4.69, 9.17) is 22.0 Å². The number of aromatic hydroxyl groups is 1. The number of carbonyl (C=O) groups excluding carboxylic acids is 1. The highest BCUT2D eigenvalue weighted by molar-refractivity contribution is 6.30. The summed E-state index contributed by atoms with van der Waals surface area (Å²) in [6, 6.07) is 3.53. The maximum atomic E-state index is 12.9. The van der Waals surface area contributed by atoms with Crippen molar-refractivity contribution in [3.05, 3.63) is 29.1 Å². The van der Waals surface area contributed by atoms with E-state index in [1.165, 1.54) is 6.07 Å². The van der Waals surface area contributed by atoms with Crippen LogP contribution in [0.25, 0.3) is 0 Å². The van der Waals surface area contributed by atoms with Gasteiger partial charge in [0, 0.05) is 5.56 Å². The number of rotatable bonds is 2. The van der Waals surface area contributed by atoms with Gasteiger partial charge in [-0.3, -0.25) is 4.79 Å². The number of hydrogen-bond acceptors (Lipinski definition) is 3. The molecule has 1 aromatic carbocycles. The van der Waals surface area contributed by atoms with Crippen molar-refractivity contribution in [2.45, 2.75) is 0 Å². The highest BCUT2D eigenvalue weighted by atomic mass is 35.5. The molecule has 1 aromatic rings. The van der Waals surface area contributed by atoms with Gasteiger partial charge < -0.3 is 5.11 Å². The lowest BCUT2D eigenvalue weighted by molar-refractivity contribution is 0.102. The number of phenols is 1. The summed E-state index contributed by atoms with van der Waals surface area (Å²) in [5.41, 5.74) is -0.353. The van der Waals surface area contributed by atoms with Crippen LogP contribution < -0.4 is 0 Å². The summed E-state index contributed by atoms with van der Waals surface area (Å²) in [5.74, 6) is -2.51. The third-order valence-electron chi connectivity index (χ3n) is 1.62. The molecule has 0 radical (unpaired) electrons. The standard InChI is InChI=1S/C9H5ClFNO2/c10-3-8(14)5-1-6(4-12)9(11)7(13)2-5/h1-2,13H,3H2. The van der Waals surface area contributed by atoms with Gasteiger partial charge in [0.05, 0.1) is 11.4 Å². The van der Waals surface area contributed by atoms with E-state index in [0.717, 1.165) is 12.1 Å². The van der Waals surface area contributed by atoms with Crippen LogP contribution in [0.3, 0.4) is 0 Å². The third-order valence-corrected chi connectivity index (χ3v) is 1.86. The summed E-state index contributed by atoms with van der Waals surface area (Å²) in [6.07, 6.45) is 0. The second-order valence-corrected chi connectivity index (χ2v) is 2.79. The first-order valence-electron chi connectivity index (χ1n) is 3.62. The Bertz CT molecular complexity index is 426. The first kappa shape index (κ1) is 10.5. The van der Waals surface area contributed by atoms with E-state index in [1.807, 2.05) is 0 Å². The van der Waals surface area contributed by atoms with Gasteiger partial charge in [-0.05, 0) is 12.1 Å². The van der Waals surface area contributed by atoms with Gasteiger partial charge in [-0.1, -0.05) is 0 Å². The number of carbonyl (C=O) groups is 1. The van der Waals surface area contributed by atoms with Crippen LogP contribution >= 0.6 is 11.6 Å². The van der Waals surface area contributed by atoms with E-state index in [1.54, 1.807) is 0 Å². The lowest BCUT2D eigenvalue weighted by Gasteiger charge is -2.01. The molecule has 0 bridgehead atoms. The van der Waals surface area contributed by atoms with Crippen LogP contribution in [0.4, 0.5) is 4.39 Å². The highest BCUT2D eigenvalue weighted by Gasteiger charge is 2.13. The molecule has 0 spiro atoms. The first-order chi connectivity index (χ1) is 6.60. The molecule has 0 atom stereocenters. The topological polar surface area (TPSA) is 61.1 Å². The van der Waals surface area contributed by atoms with E-state index in [9.17, 15) is 9.18 Å². The summed E-state index contributed by atoms with van der Waals surface area (Å²) in [7, 11) is 0. The number of ketones is 1. The van der Waals surface area contributed by atoms with Crippen molar-refractivity contribution in [3.8, 4) is 11.8 Å². The Morgan fingerprint density at radius 1 is 1.64 bits per heavy atom. The molecule has 0 fully saturated rings. The Kier molecular flexibility index (Phi) is 3.05. The van der Waals surface area contributed by atoms with Crippen LogP contribution in [-0.2, 0) is 0 Å². The monoisotopic (exact) mass is 213 g/mol. The Balaban J connectivity index is 3.32. The fourth-order valence-electron chi connectivity index (χ4n) is 0.929. The molecule has 1 N–H and O–H groups in total. The van der Waals surface area contributed by atoms with Crippen LogP contribution in [0.2, 0.25) is 0 Å². The number of nitrogens with zero attached hydrogens (tertiary/aromatic N) is 1. The third kappa shape index (κ3) is 1.83. The normalized spacial score (nSPS) is 9.50. The summed E-state index contributed by atoms with van der Waals surface area (Å²) in [6.45, 7) is 0. The van der Waals surface area contributed by atoms with Crippen LogP contribution in [0.5, 0.6) is 5.75 Å². The number of hydrogen-bond donors (Lipinski definition) is 1. The molecule has 0 heterocycles. The minimum atomic E-state index is -1.03. The smallest absolute Gasteiger partial charge is 0.182 e. The number of alkyl halides is 1. The largest absolute Gasteiger partial charge is 0.505 e. The Morgan fingerprint density at radius 2 is 2.29 bits per heavy atom. The molecule has 0 aromatic heterocycles. The van der Waals surface area contributed by atoms with Crippen molar-refractivity contribution < 1.29 is 14.3 Å². The summed E-state index contributed by atoms with van der Waals surface area (Å²) in [5, 5.41) is 17.5. The summed E-state index contributed by atoms with van der Waals surface area (Å²) in [4.78, 5) is 11.1. The van der Waals surface area contributed by atoms with E-state index < -0.39 is 17.3 Å². The second-order valence-electron chi connectivity index (χ2n) is 2.53. The molecular weight excluding hydrogens is 209 g/mol. The summed E-state index contributed by atoms with van der Waals surface area (Å²) < 4.78 is 12.9. The Hall–Kier alpha value is -1.60. The molecule has 0 saturated heterocycles. The first-order valence-corrected chi connectivity index (χ1v) is 4.15. The van der Waals surface area contributed by atoms with Gasteiger partial charge in [0.25, 0.3) is 0 Å². The Labute approximate surface area is 84.3 Å². The quantitative estimate of drug-likeness (QED) is 0.602. The van der Waals surface area contributed by atoms with E-state index in [-0.39, 0.29) is 17.0 Å². The van der Waals surface area contributed by atoms with Crippen LogP contribution in [0.15, 0.2) is 12.1 Å². The minimum Gasteiger partial charge on any atom is -0.505 e. The second kappa shape index (κ2) is 4.07. The SMILES string of the molecule is N#Cc1cc(C(=O)CCl)cc(O)c1F. The number of halogens is 2. The molecule has 0 aliphatic rings. The molecule has 0 aliphatic carbocycles. The van der Waals surface area contributed by atoms with Gasteiger partial charge in [-0.2, -0.15) is 5.26 Å². The molecule has 1 rings (SSSR count). The zero-order valence-corrected chi connectivity index (χ0v) is 7.68. The number of Topliss-reactive ketones (excluding diaryl/α,β-unsaturated/α-hetero) is 1. The maximum absolute atomic E-state index is 12.9. The fraction of sp³-hybridized carbons (Fsp3) is 0.111. The van der Waals surface area contributed by atoms with Crippen molar-refractivity contribution in [2.24, 2.45) is 0 Å². The lowest BCUT2D eigenvalue weighted by atomic mass is 10.1. The molecule has 3 nitrogen and oxygen atoms in total. The average molecular weight is 214 g/mol. The number of nitriles is 1. The van der Waals surface area contributed by atoms with Crippen molar-refractivity contribution in [1.82, 2.24) is 0 Å². The van der Waals surface area contributed by atoms with Crippen LogP contribution in [0, 0.1) is 17.1 Å². The molecule has 0 amide bonds. The van der Waals surface area contributed by atoms with Gasteiger partial charge in [0.1, 0.15) is 6.07 Å².